The molecule has 1 saturated heterocycles. The summed E-state index contributed by atoms with van der Waals surface area (Å²) in [5.41, 5.74) is 0.00819. The molecule has 1 aliphatic heterocycles. The summed E-state index contributed by atoms with van der Waals surface area (Å²) in [6, 6.07) is 0. The van der Waals surface area contributed by atoms with Crippen LogP contribution in [0.2, 0.25) is 0 Å². The first-order valence-electron chi connectivity index (χ1n) is 5.91. The van der Waals surface area contributed by atoms with E-state index in [1.165, 1.54) is 7.11 Å². The van der Waals surface area contributed by atoms with Crippen molar-refractivity contribution in [1.29, 1.82) is 0 Å². The minimum absolute atomic E-state index is 0.00819. The summed E-state index contributed by atoms with van der Waals surface area (Å²) in [6.07, 6.45) is 2.13. The maximum absolute atomic E-state index is 11.6. The summed E-state index contributed by atoms with van der Waals surface area (Å²) < 4.78 is 33.0. The Balaban J connectivity index is 2.32. The van der Waals surface area contributed by atoms with E-state index in [4.69, 9.17) is 4.74 Å². The van der Waals surface area contributed by atoms with Crippen molar-refractivity contribution in [2.45, 2.75) is 19.8 Å². The molecule has 3 N–H and O–H groups in total. The van der Waals surface area contributed by atoms with Crippen LogP contribution in [0, 0.1) is 5.41 Å². The van der Waals surface area contributed by atoms with Gasteiger partial charge in [0.1, 0.15) is 0 Å². The molecule has 6 nitrogen and oxygen atoms in total. The van der Waals surface area contributed by atoms with Crippen molar-refractivity contribution in [3.63, 3.8) is 0 Å². The van der Waals surface area contributed by atoms with Crippen LogP contribution in [0.1, 0.15) is 19.8 Å². The Morgan fingerprint density at radius 1 is 1.41 bits per heavy atom. The summed E-state index contributed by atoms with van der Waals surface area (Å²) in [5.74, 6) is 0. The van der Waals surface area contributed by atoms with Crippen molar-refractivity contribution in [2.24, 2.45) is 5.41 Å². The Kier molecular flexibility index (Phi) is 5.81. The molecule has 1 aliphatic rings. The molecule has 0 bridgehead atoms. The first-order chi connectivity index (χ1) is 7.97. The zero-order chi connectivity index (χ0) is 12.8. The van der Waals surface area contributed by atoms with Crippen molar-refractivity contribution in [2.75, 3.05) is 39.9 Å². The van der Waals surface area contributed by atoms with Crippen LogP contribution in [0.3, 0.4) is 0 Å². The van der Waals surface area contributed by atoms with Gasteiger partial charge in [-0.1, -0.05) is 6.92 Å². The lowest BCUT2D eigenvalue weighted by Gasteiger charge is -2.34. The third kappa shape index (κ3) is 5.78. The monoisotopic (exact) mass is 265 g/mol. The molecule has 0 aromatic rings. The Labute approximate surface area is 104 Å². The van der Waals surface area contributed by atoms with E-state index in [1.54, 1.807) is 0 Å². The molecular formula is C10H23N3O3S. The van der Waals surface area contributed by atoms with Gasteiger partial charge in [0.2, 0.25) is 0 Å². The Hall–Kier alpha value is -0.210. The zero-order valence-electron chi connectivity index (χ0n) is 10.6. The largest absolute Gasteiger partial charge is 0.383 e. The standard InChI is InChI=1S/C10H23N3O3S/c1-10(4-3-5-11-8-10)9-13-17(14,15)12-6-7-16-2/h11-13H,3-9H2,1-2H3. The van der Waals surface area contributed by atoms with Gasteiger partial charge in [0, 0.05) is 26.7 Å². The van der Waals surface area contributed by atoms with Gasteiger partial charge in [0.15, 0.2) is 0 Å². The highest BCUT2D eigenvalue weighted by Gasteiger charge is 2.28. The van der Waals surface area contributed by atoms with Crippen LogP contribution in [0.15, 0.2) is 0 Å². The van der Waals surface area contributed by atoms with Gasteiger partial charge >= 0.3 is 0 Å². The first-order valence-corrected chi connectivity index (χ1v) is 7.40. The van der Waals surface area contributed by atoms with Crippen LogP contribution in [-0.4, -0.2) is 48.3 Å². The normalized spacial score (nSPS) is 26.0. The molecule has 1 unspecified atom stereocenters. The van der Waals surface area contributed by atoms with Gasteiger partial charge in [-0.15, -0.1) is 0 Å². The average molecular weight is 265 g/mol. The van der Waals surface area contributed by atoms with Gasteiger partial charge < -0.3 is 10.1 Å². The van der Waals surface area contributed by atoms with E-state index in [0.717, 1.165) is 25.9 Å². The van der Waals surface area contributed by atoms with E-state index < -0.39 is 10.2 Å². The van der Waals surface area contributed by atoms with Crippen LogP contribution in [0.4, 0.5) is 0 Å². The first kappa shape index (κ1) is 14.8. The lowest BCUT2D eigenvalue weighted by molar-refractivity contribution is 0.204. The molecule has 1 atom stereocenters. The molecule has 7 heteroatoms. The molecule has 1 rings (SSSR count). The number of piperidine rings is 1. The molecule has 102 valence electrons. The van der Waals surface area contributed by atoms with Gasteiger partial charge in [0.05, 0.1) is 6.61 Å². The topological polar surface area (TPSA) is 79.5 Å². The van der Waals surface area contributed by atoms with Crippen molar-refractivity contribution in [3.8, 4) is 0 Å². The Morgan fingerprint density at radius 3 is 2.76 bits per heavy atom. The highest BCUT2D eigenvalue weighted by molar-refractivity contribution is 7.87. The molecule has 0 spiro atoms. The molecule has 0 aliphatic carbocycles. The third-order valence-corrected chi connectivity index (χ3v) is 4.08. The molecule has 1 heterocycles. The minimum atomic E-state index is -3.40. The summed E-state index contributed by atoms with van der Waals surface area (Å²) in [4.78, 5) is 0. The fourth-order valence-corrected chi connectivity index (χ4v) is 2.86. The van der Waals surface area contributed by atoms with E-state index >= 15 is 0 Å². The maximum Gasteiger partial charge on any atom is 0.277 e. The predicted octanol–water partition coefficient (Wildman–Crippen LogP) is -0.553. The van der Waals surface area contributed by atoms with Gasteiger partial charge in [-0.05, 0) is 24.8 Å². The second-order valence-electron chi connectivity index (χ2n) is 4.80. The Bertz CT molecular complexity index is 313. The molecule has 0 aromatic carbocycles. The second kappa shape index (κ2) is 6.65. The second-order valence-corrected chi connectivity index (χ2v) is 6.39. The van der Waals surface area contributed by atoms with E-state index in [1.807, 2.05) is 0 Å². The van der Waals surface area contributed by atoms with E-state index in [9.17, 15) is 8.42 Å². The smallest absolute Gasteiger partial charge is 0.277 e. The van der Waals surface area contributed by atoms with Gasteiger partial charge in [-0.3, -0.25) is 0 Å². The molecule has 0 aromatic heterocycles. The van der Waals surface area contributed by atoms with Crippen molar-refractivity contribution < 1.29 is 13.2 Å². The highest BCUT2D eigenvalue weighted by Crippen LogP contribution is 2.24. The third-order valence-electron chi connectivity index (χ3n) is 2.97. The molecule has 0 saturated carbocycles. The van der Waals surface area contributed by atoms with Crippen LogP contribution >= 0.6 is 0 Å². The summed E-state index contributed by atoms with van der Waals surface area (Å²) >= 11 is 0. The quantitative estimate of drug-likeness (QED) is 0.540. The lowest BCUT2D eigenvalue weighted by Crippen LogP contribution is -2.48. The minimum Gasteiger partial charge on any atom is -0.383 e. The number of methoxy groups -OCH3 is 1. The molecule has 17 heavy (non-hydrogen) atoms. The number of rotatable bonds is 7. The summed E-state index contributed by atoms with van der Waals surface area (Å²) in [7, 11) is -1.86. The zero-order valence-corrected chi connectivity index (χ0v) is 11.4. The van der Waals surface area contributed by atoms with Crippen molar-refractivity contribution >= 4 is 10.2 Å². The van der Waals surface area contributed by atoms with Crippen molar-refractivity contribution in [1.82, 2.24) is 14.8 Å². The molecule has 0 radical (unpaired) electrons. The molecule has 1 fully saturated rings. The molecular weight excluding hydrogens is 242 g/mol. The number of hydrogen-bond acceptors (Lipinski definition) is 4. The van der Waals surface area contributed by atoms with E-state index in [-0.39, 0.29) is 5.41 Å². The van der Waals surface area contributed by atoms with Crippen LogP contribution in [0.5, 0.6) is 0 Å². The summed E-state index contributed by atoms with van der Waals surface area (Å²) in [6.45, 7) is 5.10. The van der Waals surface area contributed by atoms with Crippen LogP contribution in [-0.2, 0) is 14.9 Å². The van der Waals surface area contributed by atoms with E-state index in [2.05, 4.69) is 21.7 Å². The van der Waals surface area contributed by atoms with Gasteiger partial charge in [-0.25, -0.2) is 4.72 Å². The fraction of sp³-hybridized carbons (Fsp3) is 1.00. The number of hydrogen-bond donors (Lipinski definition) is 3. The van der Waals surface area contributed by atoms with Gasteiger partial charge in [0.25, 0.3) is 10.2 Å². The van der Waals surface area contributed by atoms with Gasteiger partial charge in [-0.2, -0.15) is 13.1 Å². The number of ether oxygens (including phenoxy) is 1. The predicted molar refractivity (Wildman–Crippen MR) is 67.0 cm³/mol. The SMILES string of the molecule is COCCNS(=O)(=O)NCC1(C)CCCNC1. The summed E-state index contributed by atoms with van der Waals surface area (Å²) in [5, 5.41) is 3.29. The van der Waals surface area contributed by atoms with Crippen LogP contribution in [0.25, 0.3) is 0 Å². The average Bonchev–Trinajstić information content (AvgIpc) is 2.28. The number of nitrogens with one attached hydrogen (secondary N) is 3. The fourth-order valence-electron chi connectivity index (χ4n) is 1.87. The molecule has 0 amide bonds. The van der Waals surface area contributed by atoms with E-state index in [0.29, 0.717) is 19.7 Å². The maximum atomic E-state index is 11.6. The Morgan fingerprint density at radius 2 is 2.18 bits per heavy atom. The lowest BCUT2D eigenvalue weighted by atomic mass is 9.83. The van der Waals surface area contributed by atoms with Crippen molar-refractivity contribution in [3.05, 3.63) is 0 Å². The van der Waals surface area contributed by atoms with Crippen LogP contribution < -0.4 is 14.8 Å². The highest BCUT2D eigenvalue weighted by atomic mass is 32.2.